The van der Waals surface area contributed by atoms with Crippen LogP contribution in [0.5, 0.6) is 0 Å². The van der Waals surface area contributed by atoms with E-state index >= 15 is 0 Å². The van der Waals surface area contributed by atoms with Crippen LogP contribution in [-0.2, 0) is 4.74 Å². The normalized spacial score (nSPS) is 23.9. The summed E-state index contributed by atoms with van der Waals surface area (Å²) in [6.45, 7) is 11.4. The van der Waals surface area contributed by atoms with Crippen molar-refractivity contribution < 1.29 is 9.26 Å². The van der Waals surface area contributed by atoms with E-state index in [1.807, 2.05) is 6.92 Å². The summed E-state index contributed by atoms with van der Waals surface area (Å²) in [6, 6.07) is 0.191. The summed E-state index contributed by atoms with van der Waals surface area (Å²) in [4.78, 5) is 9.22. The van der Waals surface area contributed by atoms with Crippen molar-refractivity contribution in [2.24, 2.45) is 0 Å². The van der Waals surface area contributed by atoms with Crippen LogP contribution in [-0.4, -0.2) is 65.9 Å². The number of ether oxygens (including phenoxy) is 1. The first-order valence-electron chi connectivity index (χ1n) is 7.47. The Morgan fingerprint density at radius 3 is 2.70 bits per heavy atom. The lowest BCUT2D eigenvalue weighted by atomic mass is 10.2. The van der Waals surface area contributed by atoms with Crippen molar-refractivity contribution in [2.75, 3.05) is 39.8 Å². The summed E-state index contributed by atoms with van der Waals surface area (Å²) in [5.41, 5.74) is 0. The summed E-state index contributed by atoms with van der Waals surface area (Å²) in [5, 5.41) is 3.91. The van der Waals surface area contributed by atoms with Gasteiger partial charge in [-0.3, -0.25) is 4.90 Å². The van der Waals surface area contributed by atoms with Crippen LogP contribution in [0.2, 0.25) is 0 Å². The molecule has 6 heteroatoms. The molecule has 0 unspecified atom stereocenters. The number of likely N-dealkylation sites (N-methyl/N-ethyl adjacent to an activating group) is 1. The van der Waals surface area contributed by atoms with Crippen LogP contribution >= 0.6 is 0 Å². The van der Waals surface area contributed by atoms with Crippen LogP contribution in [0.3, 0.4) is 0 Å². The molecular formula is C14H26N4O2. The Labute approximate surface area is 121 Å². The van der Waals surface area contributed by atoms with Crippen molar-refractivity contribution in [3.63, 3.8) is 0 Å². The third kappa shape index (κ3) is 3.56. The van der Waals surface area contributed by atoms with Gasteiger partial charge in [0.15, 0.2) is 5.82 Å². The van der Waals surface area contributed by atoms with Gasteiger partial charge in [0.05, 0.1) is 12.1 Å². The first kappa shape index (κ1) is 15.4. The monoisotopic (exact) mass is 282 g/mol. The van der Waals surface area contributed by atoms with Crippen molar-refractivity contribution in [1.29, 1.82) is 0 Å². The van der Waals surface area contributed by atoms with Crippen LogP contribution in [0.15, 0.2) is 4.52 Å². The van der Waals surface area contributed by atoms with E-state index in [1.165, 1.54) is 0 Å². The van der Waals surface area contributed by atoms with Gasteiger partial charge in [0.1, 0.15) is 0 Å². The maximum absolute atomic E-state index is 5.51. The fraction of sp³-hybridized carbons (Fsp3) is 0.857. The summed E-state index contributed by atoms with van der Waals surface area (Å²) < 4.78 is 10.9. The van der Waals surface area contributed by atoms with E-state index in [2.05, 4.69) is 33.8 Å². The highest BCUT2D eigenvalue weighted by molar-refractivity contribution is 4.98. The average Bonchev–Trinajstić information content (AvgIpc) is 3.06. The molecule has 114 valence electrons. The van der Waals surface area contributed by atoms with Gasteiger partial charge in [0, 0.05) is 26.7 Å². The van der Waals surface area contributed by atoms with Crippen LogP contribution < -0.4 is 0 Å². The molecular weight excluding hydrogens is 256 g/mol. The number of aryl methyl sites for hydroxylation is 1. The molecule has 2 rings (SSSR count). The van der Waals surface area contributed by atoms with Crippen LogP contribution in [0.25, 0.3) is 0 Å². The zero-order chi connectivity index (χ0) is 14.5. The lowest BCUT2D eigenvalue weighted by molar-refractivity contribution is 0.106. The van der Waals surface area contributed by atoms with E-state index in [-0.39, 0.29) is 12.1 Å². The molecule has 1 saturated heterocycles. The lowest BCUT2D eigenvalue weighted by Crippen LogP contribution is -2.35. The Hall–Kier alpha value is -0.980. The second-order valence-electron chi connectivity index (χ2n) is 5.31. The number of likely N-dealkylation sites (tertiary alicyclic amines) is 1. The first-order chi connectivity index (χ1) is 9.67. The lowest BCUT2D eigenvalue weighted by Gasteiger charge is -2.25. The van der Waals surface area contributed by atoms with Crippen molar-refractivity contribution in [1.82, 2.24) is 19.9 Å². The molecule has 1 aliphatic heterocycles. The molecule has 0 radical (unpaired) electrons. The quantitative estimate of drug-likeness (QED) is 0.755. The highest BCUT2D eigenvalue weighted by Crippen LogP contribution is 2.32. The smallest absolute Gasteiger partial charge is 0.244 e. The van der Waals surface area contributed by atoms with Gasteiger partial charge in [-0.05, 0) is 26.4 Å². The Balaban J connectivity index is 2.00. The van der Waals surface area contributed by atoms with E-state index in [0.29, 0.717) is 5.82 Å². The summed E-state index contributed by atoms with van der Waals surface area (Å²) in [6.07, 6.45) is 1.18. The number of hydrogen-bond donors (Lipinski definition) is 0. The number of aromatic nitrogens is 2. The molecule has 1 fully saturated rings. The Bertz CT molecular complexity index is 406. The van der Waals surface area contributed by atoms with Gasteiger partial charge in [-0.25, -0.2) is 0 Å². The standard InChI is InChI=1S/C14H26N4O2/c1-5-17(6-2)7-8-18-10-12(19-4)9-13(18)14-15-11(3)16-20-14/h12-13H,5-10H2,1-4H3/t12-,13-/m1/s1. The van der Waals surface area contributed by atoms with Gasteiger partial charge in [0.2, 0.25) is 5.89 Å². The Morgan fingerprint density at radius 1 is 1.40 bits per heavy atom. The van der Waals surface area contributed by atoms with Crippen LogP contribution in [0.1, 0.15) is 38.0 Å². The molecule has 6 nitrogen and oxygen atoms in total. The molecule has 0 N–H and O–H groups in total. The van der Waals surface area contributed by atoms with E-state index in [1.54, 1.807) is 7.11 Å². The highest BCUT2D eigenvalue weighted by Gasteiger charge is 2.36. The van der Waals surface area contributed by atoms with Crippen molar-refractivity contribution in [3.8, 4) is 0 Å². The molecule has 2 heterocycles. The Kier molecular flexibility index (Phi) is 5.51. The van der Waals surface area contributed by atoms with Crippen molar-refractivity contribution >= 4 is 0 Å². The molecule has 1 aromatic rings. The zero-order valence-corrected chi connectivity index (χ0v) is 13.0. The van der Waals surface area contributed by atoms with Crippen molar-refractivity contribution in [2.45, 2.75) is 39.3 Å². The minimum absolute atomic E-state index is 0.191. The molecule has 0 aliphatic carbocycles. The third-order valence-electron chi connectivity index (χ3n) is 4.12. The van der Waals surface area contributed by atoms with Crippen LogP contribution in [0, 0.1) is 6.92 Å². The van der Waals surface area contributed by atoms with Gasteiger partial charge in [-0.15, -0.1) is 0 Å². The fourth-order valence-electron chi connectivity index (χ4n) is 2.79. The topological polar surface area (TPSA) is 54.6 Å². The summed E-state index contributed by atoms with van der Waals surface area (Å²) >= 11 is 0. The molecule has 0 saturated carbocycles. The molecule has 0 bridgehead atoms. The fourth-order valence-corrected chi connectivity index (χ4v) is 2.79. The van der Waals surface area contributed by atoms with Gasteiger partial charge >= 0.3 is 0 Å². The zero-order valence-electron chi connectivity index (χ0n) is 13.0. The number of rotatable bonds is 7. The van der Waals surface area contributed by atoms with E-state index in [0.717, 1.165) is 45.0 Å². The second-order valence-corrected chi connectivity index (χ2v) is 5.31. The molecule has 2 atom stereocenters. The van der Waals surface area contributed by atoms with Crippen molar-refractivity contribution in [3.05, 3.63) is 11.7 Å². The van der Waals surface area contributed by atoms with Gasteiger partial charge in [0.25, 0.3) is 0 Å². The summed E-state index contributed by atoms with van der Waals surface area (Å²) in [7, 11) is 1.77. The Morgan fingerprint density at radius 2 is 2.15 bits per heavy atom. The minimum Gasteiger partial charge on any atom is -0.380 e. The molecule has 0 aromatic carbocycles. The van der Waals surface area contributed by atoms with E-state index in [9.17, 15) is 0 Å². The minimum atomic E-state index is 0.191. The molecule has 0 spiro atoms. The maximum Gasteiger partial charge on any atom is 0.244 e. The molecule has 20 heavy (non-hydrogen) atoms. The second kappa shape index (κ2) is 7.15. The average molecular weight is 282 g/mol. The summed E-state index contributed by atoms with van der Waals surface area (Å²) in [5.74, 6) is 1.42. The molecule has 1 aliphatic rings. The SMILES string of the molecule is CCN(CC)CCN1C[C@H](OC)C[C@@H]1c1nc(C)no1. The number of hydrogen-bond acceptors (Lipinski definition) is 6. The maximum atomic E-state index is 5.51. The predicted octanol–water partition coefficient (Wildman–Crippen LogP) is 1.48. The van der Waals surface area contributed by atoms with Gasteiger partial charge < -0.3 is 14.2 Å². The highest BCUT2D eigenvalue weighted by atomic mass is 16.5. The largest absolute Gasteiger partial charge is 0.380 e. The molecule has 0 amide bonds. The van der Waals surface area contributed by atoms with E-state index in [4.69, 9.17) is 9.26 Å². The number of methoxy groups -OCH3 is 1. The van der Waals surface area contributed by atoms with Gasteiger partial charge in [-0.2, -0.15) is 4.98 Å². The first-order valence-corrected chi connectivity index (χ1v) is 7.47. The van der Waals surface area contributed by atoms with Gasteiger partial charge in [-0.1, -0.05) is 19.0 Å². The molecule has 1 aromatic heterocycles. The number of nitrogens with zero attached hydrogens (tertiary/aromatic N) is 4. The third-order valence-corrected chi connectivity index (χ3v) is 4.12. The van der Waals surface area contributed by atoms with Crippen LogP contribution in [0.4, 0.5) is 0 Å². The predicted molar refractivity (Wildman–Crippen MR) is 76.6 cm³/mol. The van der Waals surface area contributed by atoms with E-state index < -0.39 is 0 Å².